The maximum atomic E-state index is 11.9. The van der Waals surface area contributed by atoms with Crippen LogP contribution in [0.1, 0.15) is 6.42 Å². The number of nitro groups is 1. The maximum absolute atomic E-state index is 11.9. The number of aromatic nitrogens is 2. The summed E-state index contributed by atoms with van der Waals surface area (Å²) in [5.41, 5.74) is 1.36. The molecule has 0 aliphatic carbocycles. The van der Waals surface area contributed by atoms with Gasteiger partial charge in [-0.1, -0.05) is 0 Å². The van der Waals surface area contributed by atoms with Gasteiger partial charge in [0.2, 0.25) is 11.6 Å². The molecule has 1 aromatic rings. The zero-order valence-electron chi connectivity index (χ0n) is 8.86. The lowest BCUT2D eigenvalue weighted by atomic mass is 10.4. The summed E-state index contributed by atoms with van der Waals surface area (Å²) in [5.74, 6) is 4.39. The fraction of sp³-hybridized carbons (Fsp3) is 0.429. The van der Waals surface area contributed by atoms with E-state index in [-0.39, 0.29) is 11.6 Å². The summed E-state index contributed by atoms with van der Waals surface area (Å²) < 4.78 is 35.8. The Bertz CT molecular complexity index is 438. The summed E-state index contributed by atoms with van der Waals surface area (Å²) >= 11 is 0. The topological polar surface area (TPSA) is 119 Å². The van der Waals surface area contributed by atoms with E-state index in [1.165, 1.54) is 0 Å². The van der Waals surface area contributed by atoms with E-state index in [1.807, 2.05) is 5.43 Å². The summed E-state index contributed by atoms with van der Waals surface area (Å²) in [6, 6.07) is 0. The van der Waals surface area contributed by atoms with E-state index in [2.05, 4.69) is 15.3 Å². The van der Waals surface area contributed by atoms with Crippen LogP contribution in [0.15, 0.2) is 6.33 Å². The molecule has 100 valence electrons. The maximum Gasteiger partial charge on any atom is 0.390 e. The molecule has 0 saturated carbocycles. The molecule has 11 heteroatoms. The highest BCUT2D eigenvalue weighted by Gasteiger charge is 2.28. The zero-order valence-corrected chi connectivity index (χ0v) is 8.86. The van der Waals surface area contributed by atoms with Crippen LogP contribution in [0.5, 0.6) is 0 Å². The first-order chi connectivity index (χ1) is 8.35. The van der Waals surface area contributed by atoms with Crippen LogP contribution in [-0.2, 0) is 0 Å². The van der Waals surface area contributed by atoms with Gasteiger partial charge in [0.05, 0.1) is 11.3 Å². The molecule has 0 saturated heterocycles. The monoisotopic (exact) mass is 266 g/mol. The molecule has 0 amide bonds. The molecule has 4 N–H and O–H groups in total. The molecule has 0 spiro atoms. The predicted octanol–water partition coefficient (Wildman–Crippen LogP) is 1.03. The standard InChI is InChI=1S/C7H9F3N6O2/c8-7(9,10)1-2-12-5-4(16(17)18)6(15-11)14-3-13-5/h3H,1-2,11H2,(H2,12,13,14,15). The van der Waals surface area contributed by atoms with Crippen LogP contribution in [0.4, 0.5) is 30.5 Å². The van der Waals surface area contributed by atoms with Gasteiger partial charge >= 0.3 is 11.9 Å². The van der Waals surface area contributed by atoms with Crippen molar-refractivity contribution in [3.8, 4) is 0 Å². The van der Waals surface area contributed by atoms with Crippen molar-refractivity contribution in [1.82, 2.24) is 9.97 Å². The van der Waals surface area contributed by atoms with Crippen LogP contribution >= 0.6 is 0 Å². The van der Waals surface area contributed by atoms with Crippen molar-refractivity contribution in [2.75, 3.05) is 17.3 Å². The molecule has 0 radical (unpaired) electrons. The van der Waals surface area contributed by atoms with Crippen LogP contribution in [0.3, 0.4) is 0 Å². The third-order valence-electron chi connectivity index (χ3n) is 1.84. The number of hydrogen-bond acceptors (Lipinski definition) is 7. The van der Waals surface area contributed by atoms with Crippen LogP contribution in [0, 0.1) is 10.1 Å². The van der Waals surface area contributed by atoms with Gasteiger partial charge in [-0.05, 0) is 0 Å². The Morgan fingerprint density at radius 1 is 1.39 bits per heavy atom. The fourth-order valence-electron chi connectivity index (χ4n) is 1.11. The van der Waals surface area contributed by atoms with Gasteiger partial charge in [-0.2, -0.15) is 13.2 Å². The number of hydrazine groups is 1. The van der Waals surface area contributed by atoms with Crippen molar-refractivity contribution >= 4 is 17.3 Å². The third-order valence-corrected chi connectivity index (χ3v) is 1.84. The van der Waals surface area contributed by atoms with Crippen LogP contribution in [-0.4, -0.2) is 27.6 Å². The summed E-state index contributed by atoms with van der Waals surface area (Å²) in [7, 11) is 0. The first-order valence-electron chi connectivity index (χ1n) is 4.62. The Morgan fingerprint density at radius 3 is 2.50 bits per heavy atom. The van der Waals surface area contributed by atoms with Crippen molar-refractivity contribution < 1.29 is 18.1 Å². The van der Waals surface area contributed by atoms with E-state index >= 15 is 0 Å². The van der Waals surface area contributed by atoms with E-state index in [0.717, 1.165) is 6.33 Å². The number of nitrogens with two attached hydrogens (primary N) is 1. The van der Waals surface area contributed by atoms with Crippen LogP contribution in [0.2, 0.25) is 0 Å². The molecule has 1 heterocycles. The summed E-state index contributed by atoms with van der Waals surface area (Å²) in [4.78, 5) is 16.9. The molecular weight excluding hydrogens is 257 g/mol. The highest BCUT2D eigenvalue weighted by molar-refractivity contribution is 5.68. The van der Waals surface area contributed by atoms with Crippen molar-refractivity contribution in [3.63, 3.8) is 0 Å². The second-order valence-corrected chi connectivity index (χ2v) is 3.11. The Kier molecular flexibility index (Phi) is 4.20. The lowest BCUT2D eigenvalue weighted by Crippen LogP contribution is -2.17. The van der Waals surface area contributed by atoms with Gasteiger partial charge in [-0.25, -0.2) is 15.8 Å². The largest absolute Gasteiger partial charge is 0.390 e. The number of nitrogen functional groups attached to an aromatic ring is 1. The van der Waals surface area contributed by atoms with E-state index in [9.17, 15) is 23.3 Å². The number of hydrogen-bond donors (Lipinski definition) is 3. The van der Waals surface area contributed by atoms with Gasteiger partial charge in [0.25, 0.3) is 0 Å². The van der Waals surface area contributed by atoms with E-state index in [4.69, 9.17) is 5.84 Å². The van der Waals surface area contributed by atoms with Gasteiger partial charge in [-0.3, -0.25) is 10.1 Å². The van der Waals surface area contributed by atoms with E-state index in [0.29, 0.717) is 0 Å². The van der Waals surface area contributed by atoms with Gasteiger partial charge in [-0.15, -0.1) is 0 Å². The number of anilines is 2. The Balaban J connectivity index is 2.85. The number of alkyl halides is 3. The first-order valence-corrected chi connectivity index (χ1v) is 4.62. The zero-order chi connectivity index (χ0) is 13.8. The summed E-state index contributed by atoms with van der Waals surface area (Å²) in [6.07, 6.45) is -4.55. The van der Waals surface area contributed by atoms with E-state index in [1.54, 1.807) is 0 Å². The fourth-order valence-corrected chi connectivity index (χ4v) is 1.11. The predicted molar refractivity (Wildman–Crippen MR) is 55.7 cm³/mol. The molecule has 0 atom stereocenters. The molecule has 18 heavy (non-hydrogen) atoms. The SMILES string of the molecule is NNc1ncnc(NCCC(F)(F)F)c1[N+](=O)[O-]. The molecule has 0 bridgehead atoms. The highest BCUT2D eigenvalue weighted by atomic mass is 19.4. The number of halogens is 3. The average Bonchev–Trinajstić information content (AvgIpc) is 2.26. The molecule has 0 aromatic carbocycles. The lowest BCUT2D eigenvalue weighted by Gasteiger charge is -2.09. The summed E-state index contributed by atoms with van der Waals surface area (Å²) in [5, 5.41) is 12.9. The number of nitrogens with zero attached hydrogens (tertiary/aromatic N) is 3. The van der Waals surface area contributed by atoms with Gasteiger partial charge in [0.1, 0.15) is 6.33 Å². The van der Waals surface area contributed by atoms with Crippen molar-refractivity contribution in [2.24, 2.45) is 5.84 Å². The Morgan fingerprint density at radius 2 is 2.00 bits per heavy atom. The normalized spacial score (nSPS) is 11.1. The van der Waals surface area contributed by atoms with E-state index < -0.39 is 29.8 Å². The quantitative estimate of drug-likeness (QED) is 0.413. The van der Waals surface area contributed by atoms with Crippen molar-refractivity contribution in [3.05, 3.63) is 16.4 Å². The van der Waals surface area contributed by atoms with Gasteiger partial charge in [0.15, 0.2) is 0 Å². The highest BCUT2D eigenvalue weighted by Crippen LogP contribution is 2.28. The molecule has 0 aliphatic rings. The Hall–Kier alpha value is -2.17. The van der Waals surface area contributed by atoms with Gasteiger partial charge < -0.3 is 10.7 Å². The van der Waals surface area contributed by atoms with Crippen LogP contribution < -0.4 is 16.6 Å². The minimum Gasteiger partial charge on any atom is -0.364 e. The molecule has 0 unspecified atom stereocenters. The summed E-state index contributed by atoms with van der Waals surface area (Å²) in [6.45, 7) is -0.536. The minimum absolute atomic E-state index is 0.287. The van der Waals surface area contributed by atoms with Gasteiger partial charge in [0, 0.05) is 6.54 Å². The minimum atomic E-state index is -4.36. The molecule has 0 fully saturated rings. The molecule has 0 aliphatic heterocycles. The number of nitrogens with one attached hydrogen (secondary N) is 2. The lowest BCUT2D eigenvalue weighted by molar-refractivity contribution is -0.383. The molecule has 1 aromatic heterocycles. The molecular formula is C7H9F3N6O2. The smallest absolute Gasteiger partial charge is 0.364 e. The number of rotatable bonds is 5. The first kappa shape index (κ1) is 13.9. The third kappa shape index (κ3) is 3.69. The van der Waals surface area contributed by atoms with Crippen molar-refractivity contribution in [1.29, 1.82) is 0 Å². The van der Waals surface area contributed by atoms with Crippen molar-refractivity contribution in [2.45, 2.75) is 12.6 Å². The molecule has 1 rings (SSSR count). The second kappa shape index (κ2) is 5.44. The average molecular weight is 266 g/mol. The second-order valence-electron chi connectivity index (χ2n) is 3.11. The Labute approximate surface area is 98.5 Å². The molecule has 8 nitrogen and oxygen atoms in total. The van der Waals surface area contributed by atoms with Crippen LogP contribution in [0.25, 0.3) is 0 Å².